The van der Waals surface area contributed by atoms with Gasteiger partial charge in [0.25, 0.3) is 0 Å². The summed E-state index contributed by atoms with van der Waals surface area (Å²) in [6.07, 6.45) is 2.48. The van der Waals surface area contributed by atoms with Gasteiger partial charge in [0.2, 0.25) is 0 Å². The van der Waals surface area contributed by atoms with Crippen LogP contribution in [0.25, 0.3) is 0 Å². The second-order valence-corrected chi connectivity index (χ2v) is 2.13. The van der Waals surface area contributed by atoms with Crippen LogP contribution in [0.5, 0.6) is 0 Å². The van der Waals surface area contributed by atoms with Gasteiger partial charge in [-0.1, -0.05) is 6.58 Å². The minimum Gasteiger partial charge on any atom is -0.377 e. The highest BCUT2D eigenvalue weighted by molar-refractivity contribution is 5.04. The molecule has 2 N–H and O–H groups in total. The summed E-state index contributed by atoms with van der Waals surface area (Å²) < 4.78 is 0. The highest BCUT2D eigenvalue weighted by Gasteiger charge is 2.23. The molecule has 0 aromatic heterocycles. The van der Waals surface area contributed by atoms with Crippen LogP contribution in [-0.4, -0.2) is 11.8 Å². The van der Waals surface area contributed by atoms with Gasteiger partial charge in [0.05, 0.1) is 0 Å². The highest BCUT2D eigenvalue weighted by atomic mass is 16.3. The van der Waals surface area contributed by atoms with Gasteiger partial charge in [-0.25, -0.2) is 0 Å². The number of aliphatic hydroxyl groups is 1. The van der Waals surface area contributed by atoms with Crippen molar-refractivity contribution in [3.63, 3.8) is 0 Å². The largest absolute Gasteiger partial charge is 0.377 e. The Morgan fingerprint density at radius 1 is 1.75 bits per heavy atom. The van der Waals surface area contributed by atoms with Crippen LogP contribution >= 0.6 is 0 Å². The number of nitrogens with one attached hydrogen (secondary N) is 1. The van der Waals surface area contributed by atoms with E-state index in [0.717, 1.165) is 5.70 Å². The summed E-state index contributed by atoms with van der Waals surface area (Å²) >= 11 is 0. The minimum atomic E-state index is 0.0231. The fraction of sp³-hybridized carbons (Fsp3) is 0.667. The molecule has 0 bridgehead atoms. The van der Waals surface area contributed by atoms with Crippen LogP contribution in [0.4, 0.5) is 0 Å². The summed E-state index contributed by atoms with van der Waals surface area (Å²) in [5.41, 5.74) is 0.993. The molecule has 0 amide bonds. The standard InChI is InChI=1S/C6H11NO/c1-5(7-4-8)6-2-3-6/h6-8H,1-4H2. The van der Waals surface area contributed by atoms with E-state index in [2.05, 4.69) is 11.9 Å². The molecule has 2 nitrogen and oxygen atoms in total. The second-order valence-electron chi connectivity index (χ2n) is 2.13. The molecule has 1 aliphatic carbocycles. The molecule has 0 aliphatic heterocycles. The lowest BCUT2D eigenvalue weighted by Gasteiger charge is -2.01. The zero-order valence-corrected chi connectivity index (χ0v) is 4.85. The van der Waals surface area contributed by atoms with E-state index in [9.17, 15) is 0 Å². The van der Waals surface area contributed by atoms with Crippen LogP contribution in [0, 0.1) is 5.92 Å². The molecule has 0 aromatic rings. The molecular formula is C6H11NO. The third-order valence-corrected chi connectivity index (χ3v) is 1.38. The highest BCUT2D eigenvalue weighted by Crippen LogP contribution is 2.33. The fourth-order valence-electron chi connectivity index (χ4n) is 0.678. The molecule has 1 saturated carbocycles. The van der Waals surface area contributed by atoms with Gasteiger partial charge < -0.3 is 10.4 Å². The van der Waals surface area contributed by atoms with Crippen LogP contribution in [0.2, 0.25) is 0 Å². The van der Waals surface area contributed by atoms with Crippen molar-refractivity contribution in [1.29, 1.82) is 0 Å². The van der Waals surface area contributed by atoms with E-state index < -0.39 is 0 Å². The van der Waals surface area contributed by atoms with Gasteiger partial charge in [-0.15, -0.1) is 0 Å². The molecule has 0 aromatic carbocycles. The quantitative estimate of drug-likeness (QED) is 0.521. The second kappa shape index (κ2) is 2.18. The Kier molecular flexibility index (Phi) is 1.53. The van der Waals surface area contributed by atoms with Crippen molar-refractivity contribution < 1.29 is 5.11 Å². The van der Waals surface area contributed by atoms with E-state index in [4.69, 9.17) is 5.11 Å². The lowest BCUT2D eigenvalue weighted by atomic mass is 10.3. The average Bonchev–Trinajstić information content (AvgIpc) is 2.45. The average molecular weight is 113 g/mol. The molecule has 1 fully saturated rings. The molecule has 0 heterocycles. The molecule has 1 aliphatic rings. The number of hydrogen-bond donors (Lipinski definition) is 2. The summed E-state index contributed by atoms with van der Waals surface area (Å²) in [6.45, 7) is 3.76. The van der Waals surface area contributed by atoms with Gasteiger partial charge >= 0.3 is 0 Å². The van der Waals surface area contributed by atoms with Crippen molar-refractivity contribution in [3.8, 4) is 0 Å². The van der Waals surface area contributed by atoms with E-state index >= 15 is 0 Å². The van der Waals surface area contributed by atoms with Crippen molar-refractivity contribution in [3.05, 3.63) is 12.3 Å². The van der Waals surface area contributed by atoms with Gasteiger partial charge in [0, 0.05) is 5.70 Å². The van der Waals surface area contributed by atoms with Crippen LogP contribution in [0.15, 0.2) is 12.3 Å². The van der Waals surface area contributed by atoms with Crippen molar-refractivity contribution in [2.45, 2.75) is 12.8 Å². The van der Waals surface area contributed by atoms with Crippen LogP contribution in [0.1, 0.15) is 12.8 Å². The van der Waals surface area contributed by atoms with Crippen LogP contribution in [-0.2, 0) is 0 Å². The number of rotatable bonds is 3. The Hall–Kier alpha value is -0.500. The maximum Gasteiger partial charge on any atom is 0.113 e. The molecule has 46 valence electrons. The molecule has 0 atom stereocenters. The third kappa shape index (κ3) is 1.23. The zero-order valence-electron chi connectivity index (χ0n) is 4.85. The smallest absolute Gasteiger partial charge is 0.113 e. The van der Waals surface area contributed by atoms with Crippen molar-refractivity contribution >= 4 is 0 Å². The topological polar surface area (TPSA) is 32.3 Å². The monoisotopic (exact) mass is 113 g/mol. The molecule has 8 heavy (non-hydrogen) atoms. The molecule has 0 unspecified atom stereocenters. The first kappa shape index (κ1) is 5.63. The lowest BCUT2D eigenvalue weighted by molar-refractivity contribution is 0.272. The van der Waals surface area contributed by atoms with Crippen LogP contribution in [0.3, 0.4) is 0 Å². The zero-order chi connectivity index (χ0) is 5.98. The van der Waals surface area contributed by atoms with Crippen molar-refractivity contribution in [1.82, 2.24) is 5.32 Å². The minimum absolute atomic E-state index is 0.0231. The predicted octanol–water partition coefficient (Wildman–Crippen LogP) is 0.450. The van der Waals surface area contributed by atoms with E-state index in [1.807, 2.05) is 0 Å². The Bertz CT molecular complexity index is 96.7. The Morgan fingerprint density at radius 3 is 2.75 bits per heavy atom. The van der Waals surface area contributed by atoms with E-state index in [-0.39, 0.29) is 6.73 Å². The first-order chi connectivity index (χ1) is 3.84. The SMILES string of the molecule is C=C(NCO)C1CC1. The molecule has 0 saturated heterocycles. The summed E-state index contributed by atoms with van der Waals surface area (Å²) in [7, 11) is 0. The summed E-state index contributed by atoms with van der Waals surface area (Å²) in [4.78, 5) is 0. The van der Waals surface area contributed by atoms with Crippen molar-refractivity contribution in [2.24, 2.45) is 5.92 Å². The third-order valence-electron chi connectivity index (χ3n) is 1.38. The van der Waals surface area contributed by atoms with Crippen LogP contribution < -0.4 is 5.32 Å². The summed E-state index contributed by atoms with van der Waals surface area (Å²) in [5.74, 6) is 0.655. The first-order valence-corrected chi connectivity index (χ1v) is 2.88. The maximum atomic E-state index is 8.34. The van der Waals surface area contributed by atoms with Gasteiger partial charge in [0.1, 0.15) is 6.73 Å². The molecule has 0 spiro atoms. The normalized spacial score (nSPS) is 18.1. The number of allylic oxidation sites excluding steroid dienone is 1. The van der Waals surface area contributed by atoms with Gasteiger partial charge in [-0.2, -0.15) is 0 Å². The Morgan fingerprint density at radius 2 is 2.38 bits per heavy atom. The summed E-state index contributed by atoms with van der Waals surface area (Å²) in [5, 5.41) is 11.1. The molecule has 2 heteroatoms. The van der Waals surface area contributed by atoms with E-state index in [0.29, 0.717) is 5.92 Å². The van der Waals surface area contributed by atoms with E-state index in [1.165, 1.54) is 12.8 Å². The number of hydrogen-bond acceptors (Lipinski definition) is 2. The Labute approximate surface area is 49.2 Å². The number of aliphatic hydroxyl groups excluding tert-OH is 1. The molecule has 1 rings (SSSR count). The van der Waals surface area contributed by atoms with Gasteiger partial charge in [-0.05, 0) is 18.8 Å². The van der Waals surface area contributed by atoms with Gasteiger partial charge in [0.15, 0.2) is 0 Å². The van der Waals surface area contributed by atoms with Gasteiger partial charge in [-0.3, -0.25) is 0 Å². The molecular weight excluding hydrogens is 102 g/mol. The first-order valence-electron chi connectivity index (χ1n) is 2.88. The summed E-state index contributed by atoms with van der Waals surface area (Å²) in [6, 6.07) is 0. The van der Waals surface area contributed by atoms with Crippen molar-refractivity contribution in [2.75, 3.05) is 6.73 Å². The maximum absolute atomic E-state index is 8.34. The Balaban J connectivity index is 2.13. The molecule has 0 radical (unpaired) electrons. The lowest BCUT2D eigenvalue weighted by Crippen LogP contribution is -2.13. The predicted molar refractivity (Wildman–Crippen MR) is 32.1 cm³/mol. The fourth-order valence-corrected chi connectivity index (χ4v) is 0.678. The van der Waals surface area contributed by atoms with E-state index in [1.54, 1.807) is 0 Å².